The Bertz CT molecular complexity index is 386. The SMILES string of the molecule is O=Cc1cc(F)c(=O)[nH]c1C(F)F. The summed E-state index contributed by atoms with van der Waals surface area (Å²) >= 11 is 0. The van der Waals surface area contributed by atoms with Crippen molar-refractivity contribution in [1.82, 2.24) is 4.98 Å². The van der Waals surface area contributed by atoms with E-state index in [1.54, 1.807) is 4.98 Å². The normalized spacial score (nSPS) is 10.5. The van der Waals surface area contributed by atoms with Gasteiger partial charge >= 0.3 is 0 Å². The molecule has 1 rings (SSSR count). The minimum atomic E-state index is -3.01. The molecular formula is C7H4F3NO2. The van der Waals surface area contributed by atoms with Crippen LogP contribution in [0.3, 0.4) is 0 Å². The Hall–Kier alpha value is -1.59. The molecule has 70 valence electrons. The highest BCUT2D eigenvalue weighted by Gasteiger charge is 2.15. The van der Waals surface area contributed by atoms with Crippen molar-refractivity contribution in [3.8, 4) is 0 Å². The summed E-state index contributed by atoms with van der Waals surface area (Å²) in [5.74, 6) is -1.26. The Morgan fingerprint density at radius 1 is 1.46 bits per heavy atom. The number of nitrogens with one attached hydrogen (secondary N) is 1. The van der Waals surface area contributed by atoms with Gasteiger partial charge in [0.1, 0.15) is 0 Å². The Morgan fingerprint density at radius 2 is 2.08 bits per heavy atom. The Kier molecular flexibility index (Phi) is 2.50. The van der Waals surface area contributed by atoms with Gasteiger partial charge in [0.2, 0.25) is 0 Å². The first-order valence-electron chi connectivity index (χ1n) is 3.22. The number of rotatable bonds is 2. The third kappa shape index (κ3) is 1.77. The van der Waals surface area contributed by atoms with Crippen LogP contribution in [0.15, 0.2) is 10.9 Å². The van der Waals surface area contributed by atoms with E-state index in [1.165, 1.54) is 0 Å². The van der Waals surface area contributed by atoms with Gasteiger partial charge in [0.15, 0.2) is 12.1 Å². The molecule has 1 aromatic rings. The maximum absolute atomic E-state index is 12.5. The van der Waals surface area contributed by atoms with Crippen LogP contribution in [0.1, 0.15) is 22.5 Å². The van der Waals surface area contributed by atoms with Gasteiger partial charge in [0.05, 0.1) is 5.69 Å². The van der Waals surface area contributed by atoms with Crippen molar-refractivity contribution in [2.45, 2.75) is 6.43 Å². The topological polar surface area (TPSA) is 49.9 Å². The average molecular weight is 191 g/mol. The average Bonchev–Trinajstić information content (AvgIpc) is 2.08. The summed E-state index contributed by atoms with van der Waals surface area (Å²) < 4.78 is 36.6. The number of aromatic amines is 1. The standard InChI is InChI=1S/C7H4F3NO2/c8-4-1-3(2-12)5(6(9)10)11-7(4)13/h1-2,6H,(H,11,13). The molecule has 0 saturated carbocycles. The van der Waals surface area contributed by atoms with Crippen LogP contribution in [-0.4, -0.2) is 11.3 Å². The molecule has 0 spiro atoms. The highest BCUT2D eigenvalue weighted by Crippen LogP contribution is 2.18. The van der Waals surface area contributed by atoms with Gasteiger partial charge in [-0.2, -0.15) is 0 Å². The summed E-state index contributed by atoms with van der Waals surface area (Å²) in [5, 5.41) is 0. The Labute approximate surface area is 70.2 Å². The van der Waals surface area contributed by atoms with E-state index in [1.807, 2.05) is 0 Å². The van der Waals surface area contributed by atoms with Gasteiger partial charge in [0.25, 0.3) is 12.0 Å². The van der Waals surface area contributed by atoms with Crippen LogP contribution in [0.4, 0.5) is 13.2 Å². The summed E-state index contributed by atoms with van der Waals surface area (Å²) in [7, 11) is 0. The van der Waals surface area contributed by atoms with Crippen molar-refractivity contribution in [1.29, 1.82) is 0 Å². The van der Waals surface area contributed by atoms with Crippen LogP contribution in [0.2, 0.25) is 0 Å². The predicted octanol–water partition coefficient (Wildman–Crippen LogP) is 1.26. The van der Waals surface area contributed by atoms with Gasteiger partial charge < -0.3 is 4.98 Å². The van der Waals surface area contributed by atoms with Crippen molar-refractivity contribution in [3.05, 3.63) is 33.5 Å². The van der Waals surface area contributed by atoms with E-state index in [-0.39, 0.29) is 6.29 Å². The van der Waals surface area contributed by atoms with Gasteiger partial charge in [-0.05, 0) is 6.07 Å². The molecule has 0 fully saturated rings. The summed E-state index contributed by atoms with van der Waals surface area (Å²) in [6.45, 7) is 0. The second-order valence-electron chi connectivity index (χ2n) is 2.23. The van der Waals surface area contributed by atoms with Crippen molar-refractivity contribution >= 4 is 6.29 Å². The third-order valence-corrected chi connectivity index (χ3v) is 1.40. The third-order valence-electron chi connectivity index (χ3n) is 1.40. The Morgan fingerprint density at radius 3 is 2.54 bits per heavy atom. The lowest BCUT2D eigenvalue weighted by atomic mass is 10.2. The number of H-pyrrole nitrogens is 1. The molecule has 0 amide bonds. The van der Waals surface area contributed by atoms with Gasteiger partial charge in [-0.15, -0.1) is 0 Å². The predicted molar refractivity (Wildman–Crippen MR) is 37.4 cm³/mol. The van der Waals surface area contributed by atoms with E-state index in [2.05, 4.69) is 0 Å². The quantitative estimate of drug-likeness (QED) is 0.715. The first-order chi connectivity index (χ1) is 6.06. The van der Waals surface area contributed by atoms with Crippen molar-refractivity contribution in [2.75, 3.05) is 0 Å². The van der Waals surface area contributed by atoms with Crippen molar-refractivity contribution in [2.24, 2.45) is 0 Å². The van der Waals surface area contributed by atoms with Crippen LogP contribution >= 0.6 is 0 Å². The number of carbonyl (C=O) groups excluding carboxylic acids is 1. The lowest BCUT2D eigenvalue weighted by Crippen LogP contribution is -2.15. The van der Waals surface area contributed by atoms with E-state index >= 15 is 0 Å². The van der Waals surface area contributed by atoms with Crippen molar-refractivity contribution < 1.29 is 18.0 Å². The van der Waals surface area contributed by atoms with Crippen LogP contribution in [0.25, 0.3) is 0 Å². The lowest BCUT2D eigenvalue weighted by molar-refractivity contribution is 0.110. The van der Waals surface area contributed by atoms with E-state index in [0.717, 1.165) is 0 Å². The summed E-state index contributed by atoms with van der Waals surface area (Å²) in [6.07, 6.45) is -2.95. The minimum absolute atomic E-state index is 0.0561. The molecule has 0 saturated heterocycles. The molecule has 0 radical (unpaired) electrons. The van der Waals surface area contributed by atoms with Crippen molar-refractivity contribution in [3.63, 3.8) is 0 Å². The molecule has 0 aliphatic carbocycles. The molecule has 1 heterocycles. The van der Waals surface area contributed by atoms with Crippen LogP contribution in [0, 0.1) is 5.82 Å². The molecule has 6 heteroatoms. The number of halogens is 3. The first kappa shape index (κ1) is 9.50. The minimum Gasteiger partial charge on any atom is -0.318 e. The number of hydrogen-bond donors (Lipinski definition) is 1. The molecule has 0 aromatic carbocycles. The number of alkyl halides is 2. The fourth-order valence-corrected chi connectivity index (χ4v) is 0.812. The highest BCUT2D eigenvalue weighted by atomic mass is 19.3. The summed E-state index contributed by atoms with van der Waals surface area (Å²) in [4.78, 5) is 22.3. The van der Waals surface area contributed by atoms with E-state index in [4.69, 9.17) is 0 Å². The maximum Gasteiger partial charge on any atom is 0.284 e. The van der Waals surface area contributed by atoms with E-state index in [9.17, 15) is 22.8 Å². The number of carbonyl (C=O) groups is 1. The molecule has 1 N–H and O–H groups in total. The maximum atomic E-state index is 12.5. The number of aldehydes is 1. The zero-order valence-electron chi connectivity index (χ0n) is 6.18. The molecule has 0 atom stereocenters. The zero-order valence-corrected chi connectivity index (χ0v) is 6.18. The molecule has 0 unspecified atom stereocenters. The van der Waals surface area contributed by atoms with Crippen LogP contribution in [0.5, 0.6) is 0 Å². The molecule has 0 aliphatic rings. The lowest BCUT2D eigenvalue weighted by Gasteiger charge is -2.01. The van der Waals surface area contributed by atoms with Crippen LogP contribution < -0.4 is 5.56 Å². The molecular weight excluding hydrogens is 187 g/mol. The highest BCUT2D eigenvalue weighted by molar-refractivity contribution is 5.76. The van der Waals surface area contributed by atoms with E-state index < -0.39 is 29.1 Å². The van der Waals surface area contributed by atoms with Gasteiger partial charge in [-0.1, -0.05) is 0 Å². The number of aromatic nitrogens is 1. The fourth-order valence-electron chi connectivity index (χ4n) is 0.812. The van der Waals surface area contributed by atoms with Crippen LogP contribution in [-0.2, 0) is 0 Å². The summed E-state index contributed by atoms with van der Waals surface area (Å²) in [6, 6.07) is 0.479. The van der Waals surface area contributed by atoms with Gasteiger partial charge in [-0.3, -0.25) is 9.59 Å². The summed E-state index contributed by atoms with van der Waals surface area (Å²) in [5.41, 5.74) is -2.67. The second kappa shape index (κ2) is 3.42. The molecule has 3 nitrogen and oxygen atoms in total. The number of pyridine rings is 1. The molecule has 13 heavy (non-hydrogen) atoms. The molecule has 0 aliphatic heterocycles. The second-order valence-corrected chi connectivity index (χ2v) is 2.23. The molecule has 0 bridgehead atoms. The van der Waals surface area contributed by atoms with Gasteiger partial charge in [0, 0.05) is 5.56 Å². The molecule has 1 aromatic heterocycles. The zero-order chi connectivity index (χ0) is 10.0. The van der Waals surface area contributed by atoms with Gasteiger partial charge in [-0.25, -0.2) is 13.2 Å². The van der Waals surface area contributed by atoms with E-state index in [0.29, 0.717) is 6.07 Å². The number of hydrogen-bond acceptors (Lipinski definition) is 2. The largest absolute Gasteiger partial charge is 0.318 e. The Balaban J connectivity index is 3.41. The first-order valence-corrected chi connectivity index (χ1v) is 3.22. The smallest absolute Gasteiger partial charge is 0.284 e. The monoisotopic (exact) mass is 191 g/mol. The fraction of sp³-hybridized carbons (Fsp3) is 0.143.